The van der Waals surface area contributed by atoms with Gasteiger partial charge in [-0.2, -0.15) is 0 Å². The zero-order chi connectivity index (χ0) is 15.3. The third-order valence-corrected chi connectivity index (χ3v) is 4.46. The third kappa shape index (κ3) is 4.92. The third-order valence-electron chi connectivity index (χ3n) is 2.83. The van der Waals surface area contributed by atoms with Gasteiger partial charge in [-0.3, -0.25) is 0 Å². The number of esters is 1. The van der Waals surface area contributed by atoms with Gasteiger partial charge in [-0.05, 0) is 30.0 Å². The molecule has 6 heteroatoms. The van der Waals surface area contributed by atoms with E-state index >= 15 is 0 Å². The molecule has 0 saturated heterocycles. The number of sulfone groups is 1. The molecule has 1 aromatic carbocycles. The fraction of sp³-hybridized carbons (Fsp3) is 0.500. The number of methoxy groups -OCH3 is 1. The van der Waals surface area contributed by atoms with Crippen LogP contribution >= 0.6 is 0 Å². The van der Waals surface area contributed by atoms with E-state index in [9.17, 15) is 17.6 Å². The van der Waals surface area contributed by atoms with Crippen LogP contribution in [-0.2, 0) is 20.3 Å². The summed E-state index contributed by atoms with van der Waals surface area (Å²) >= 11 is 0. The summed E-state index contributed by atoms with van der Waals surface area (Å²) < 4.78 is 41.9. The van der Waals surface area contributed by atoms with Crippen LogP contribution in [0.25, 0.3) is 0 Å². The Balaban J connectivity index is 2.84. The van der Waals surface area contributed by atoms with Crippen LogP contribution in [0.5, 0.6) is 0 Å². The first kappa shape index (κ1) is 16.6. The highest BCUT2D eigenvalue weighted by Crippen LogP contribution is 2.15. The predicted octanol–water partition coefficient (Wildman–Crippen LogP) is 2.57. The molecule has 0 aliphatic carbocycles. The molecule has 0 atom stereocenters. The average molecular weight is 302 g/mol. The van der Waals surface area contributed by atoms with Gasteiger partial charge in [0.25, 0.3) is 0 Å². The first-order chi connectivity index (χ1) is 9.25. The summed E-state index contributed by atoms with van der Waals surface area (Å²) in [5.41, 5.74) is 0.134. The number of halogens is 1. The smallest absolute Gasteiger partial charge is 0.340 e. The van der Waals surface area contributed by atoms with E-state index in [2.05, 4.69) is 4.74 Å². The van der Waals surface area contributed by atoms with E-state index in [1.165, 1.54) is 12.1 Å². The van der Waals surface area contributed by atoms with Crippen LogP contribution in [0.2, 0.25) is 0 Å². The number of hydrogen-bond donors (Lipinski definition) is 0. The molecule has 20 heavy (non-hydrogen) atoms. The minimum atomic E-state index is -3.27. The lowest BCUT2D eigenvalue weighted by atomic mass is 10.1. The second kappa shape index (κ2) is 6.83. The molecule has 0 unspecified atom stereocenters. The maximum absolute atomic E-state index is 13.7. The summed E-state index contributed by atoms with van der Waals surface area (Å²) in [5.74, 6) is -1.41. The van der Waals surface area contributed by atoms with Crippen molar-refractivity contribution in [2.75, 3.05) is 12.9 Å². The predicted molar refractivity (Wildman–Crippen MR) is 74.7 cm³/mol. The highest BCUT2D eigenvalue weighted by molar-refractivity contribution is 7.90. The zero-order valence-corrected chi connectivity index (χ0v) is 12.7. The van der Waals surface area contributed by atoms with Gasteiger partial charge in [-0.1, -0.05) is 19.9 Å². The second-order valence-corrected chi connectivity index (χ2v) is 7.26. The van der Waals surface area contributed by atoms with Crippen LogP contribution in [0.1, 0.15) is 36.2 Å². The van der Waals surface area contributed by atoms with Crippen molar-refractivity contribution in [2.24, 2.45) is 5.92 Å². The first-order valence-corrected chi connectivity index (χ1v) is 8.14. The Bertz CT molecular complexity index is 579. The molecule has 0 bridgehead atoms. The van der Waals surface area contributed by atoms with Crippen molar-refractivity contribution in [2.45, 2.75) is 26.0 Å². The SMILES string of the molecule is COC(=O)c1ccc(CS(=O)(=O)CCC(C)C)cc1F. The molecule has 1 aromatic rings. The van der Waals surface area contributed by atoms with E-state index in [1.807, 2.05) is 13.8 Å². The normalized spacial score (nSPS) is 11.7. The minimum Gasteiger partial charge on any atom is -0.465 e. The number of hydrogen-bond acceptors (Lipinski definition) is 4. The van der Waals surface area contributed by atoms with Crippen molar-refractivity contribution >= 4 is 15.8 Å². The molecule has 0 spiro atoms. The summed E-state index contributed by atoms with van der Waals surface area (Å²) in [5, 5.41) is 0. The monoisotopic (exact) mass is 302 g/mol. The van der Waals surface area contributed by atoms with E-state index < -0.39 is 21.6 Å². The maximum atomic E-state index is 13.7. The van der Waals surface area contributed by atoms with Crippen molar-refractivity contribution < 1.29 is 22.3 Å². The zero-order valence-electron chi connectivity index (χ0n) is 11.8. The van der Waals surface area contributed by atoms with Gasteiger partial charge in [-0.25, -0.2) is 17.6 Å². The Morgan fingerprint density at radius 1 is 1.35 bits per heavy atom. The van der Waals surface area contributed by atoms with Crippen molar-refractivity contribution in [3.8, 4) is 0 Å². The van der Waals surface area contributed by atoms with Crippen LogP contribution in [-0.4, -0.2) is 27.2 Å². The summed E-state index contributed by atoms with van der Waals surface area (Å²) in [4.78, 5) is 11.2. The van der Waals surface area contributed by atoms with Gasteiger partial charge in [-0.15, -0.1) is 0 Å². The fourth-order valence-corrected chi connectivity index (χ4v) is 3.33. The van der Waals surface area contributed by atoms with Crippen molar-refractivity contribution in [1.29, 1.82) is 0 Å². The first-order valence-electron chi connectivity index (χ1n) is 6.32. The molecule has 0 radical (unpaired) electrons. The van der Waals surface area contributed by atoms with Crippen LogP contribution in [0.3, 0.4) is 0 Å². The van der Waals surface area contributed by atoms with Crippen LogP contribution in [0.4, 0.5) is 4.39 Å². The lowest BCUT2D eigenvalue weighted by Crippen LogP contribution is -2.12. The lowest BCUT2D eigenvalue weighted by molar-refractivity contribution is 0.0595. The summed E-state index contributed by atoms with van der Waals surface area (Å²) in [6, 6.07) is 3.75. The molecule has 112 valence electrons. The molecule has 0 saturated carbocycles. The fourth-order valence-electron chi connectivity index (χ4n) is 1.67. The van der Waals surface area contributed by atoms with Gasteiger partial charge < -0.3 is 4.74 Å². The van der Waals surface area contributed by atoms with E-state index in [1.54, 1.807) is 0 Å². The molecule has 0 amide bonds. The molecule has 0 aliphatic heterocycles. The number of carbonyl (C=O) groups excluding carboxylic acids is 1. The standard InChI is InChI=1S/C14H19FO4S/c1-10(2)6-7-20(17,18)9-11-4-5-12(13(15)8-11)14(16)19-3/h4-5,8,10H,6-7,9H2,1-3H3. The highest BCUT2D eigenvalue weighted by atomic mass is 32.2. The topological polar surface area (TPSA) is 60.4 Å². The summed E-state index contributed by atoms with van der Waals surface area (Å²) in [7, 11) is -2.11. The molecule has 4 nitrogen and oxygen atoms in total. The molecule has 0 aliphatic rings. The molecule has 1 rings (SSSR count). The molecule has 0 heterocycles. The average Bonchev–Trinajstić information content (AvgIpc) is 2.35. The Labute approximate surface area is 118 Å². The molecule has 0 N–H and O–H groups in total. The Kier molecular flexibility index (Phi) is 5.68. The number of rotatable bonds is 6. The van der Waals surface area contributed by atoms with Crippen LogP contribution in [0, 0.1) is 11.7 Å². The van der Waals surface area contributed by atoms with Gasteiger partial charge in [0, 0.05) is 0 Å². The van der Waals surface area contributed by atoms with Crippen LogP contribution in [0.15, 0.2) is 18.2 Å². The molecular formula is C14H19FO4S. The largest absolute Gasteiger partial charge is 0.465 e. The van der Waals surface area contributed by atoms with E-state index in [-0.39, 0.29) is 17.1 Å². The van der Waals surface area contributed by atoms with Crippen molar-refractivity contribution in [3.05, 3.63) is 35.1 Å². The molecule has 0 fully saturated rings. The molecule has 0 aromatic heterocycles. The van der Waals surface area contributed by atoms with Gasteiger partial charge in [0.15, 0.2) is 9.84 Å². The minimum absolute atomic E-state index is 0.0744. The van der Waals surface area contributed by atoms with E-state index in [4.69, 9.17) is 0 Å². The Morgan fingerprint density at radius 3 is 2.50 bits per heavy atom. The summed E-state index contributed by atoms with van der Waals surface area (Å²) in [6.07, 6.45) is 0.574. The molecular weight excluding hydrogens is 283 g/mol. The van der Waals surface area contributed by atoms with E-state index in [0.29, 0.717) is 17.9 Å². The van der Waals surface area contributed by atoms with E-state index in [0.717, 1.165) is 13.2 Å². The number of ether oxygens (including phenoxy) is 1. The van der Waals surface area contributed by atoms with Gasteiger partial charge in [0.2, 0.25) is 0 Å². The van der Waals surface area contributed by atoms with Crippen molar-refractivity contribution in [1.82, 2.24) is 0 Å². The second-order valence-electron chi connectivity index (χ2n) is 5.08. The lowest BCUT2D eigenvalue weighted by Gasteiger charge is -2.08. The Morgan fingerprint density at radius 2 is 2.00 bits per heavy atom. The number of carbonyl (C=O) groups is 1. The van der Waals surface area contributed by atoms with Gasteiger partial charge in [0.1, 0.15) is 5.82 Å². The van der Waals surface area contributed by atoms with Gasteiger partial charge in [0.05, 0.1) is 24.2 Å². The van der Waals surface area contributed by atoms with Crippen LogP contribution < -0.4 is 0 Å². The number of benzene rings is 1. The quantitative estimate of drug-likeness (QED) is 0.758. The van der Waals surface area contributed by atoms with Crippen molar-refractivity contribution in [3.63, 3.8) is 0 Å². The highest BCUT2D eigenvalue weighted by Gasteiger charge is 2.16. The maximum Gasteiger partial charge on any atom is 0.340 e. The van der Waals surface area contributed by atoms with Gasteiger partial charge >= 0.3 is 5.97 Å². The summed E-state index contributed by atoms with van der Waals surface area (Å²) in [6.45, 7) is 3.89. The Hall–Kier alpha value is -1.43.